The number of amides is 3. The topological polar surface area (TPSA) is 79.4 Å². The molecule has 2 aromatic carbocycles. The van der Waals surface area contributed by atoms with Crippen LogP contribution in [0.5, 0.6) is 0 Å². The molecule has 0 bridgehead atoms. The third-order valence-electron chi connectivity index (χ3n) is 4.68. The second-order valence-corrected chi connectivity index (χ2v) is 7.82. The number of aryl methyl sites for hydroxylation is 1. The molecular formula is C23H19N3O3S. The Bertz CT molecular complexity index is 1170. The molecule has 0 saturated carbocycles. The number of imide groups is 1. The van der Waals surface area contributed by atoms with Gasteiger partial charge in [0, 0.05) is 24.2 Å². The van der Waals surface area contributed by atoms with Crippen molar-refractivity contribution in [2.75, 3.05) is 13.1 Å². The molecule has 0 atom stereocenters. The maximum atomic E-state index is 12.7. The summed E-state index contributed by atoms with van der Waals surface area (Å²) >= 11 is 0.913. The van der Waals surface area contributed by atoms with E-state index in [1.807, 2.05) is 61.5 Å². The summed E-state index contributed by atoms with van der Waals surface area (Å²) in [6.07, 6.45) is 1.70. The summed E-state index contributed by atoms with van der Waals surface area (Å²) in [6.45, 7) is 2.12. The Morgan fingerprint density at radius 3 is 2.63 bits per heavy atom. The molecule has 1 N–H and O–H groups in total. The van der Waals surface area contributed by atoms with Gasteiger partial charge in [-0.15, -0.1) is 0 Å². The lowest BCUT2D eigenvalue weighted by Gasteiger charge is -2.14. The number of nitrogens with zero attached hydrogens (tertiary/aromatic N) is 2. The summed E-state index contributed by atoms with van der Waals surface area (Å²) in [7, 11) is 0. The van der Waals surface area contributed by atoms with Crippen LogP contribution >= 0.6 is 11.8 Å². The molecule has 7 heteroatoms. The van der Waals surface area contributed by atoms with Crippen molar-refractivity contribution in [2.24, 2.45) is 0 Å². The van der Waals surface area contributed by atoms with E-state index in [2.05, 4.69) is 10.3 Å². The van der Waals surface area contributed by atoms with Crippen molar-refractivity contribution >= 4 is 45.8 Å². The van der Waals surface area contributed by atoms with E-state index in [0.717, 1.165) is 38.8 Å². The molecule has 1 fully saturated rings. The minimum Gasteiger partial charge on any atom is -0.350 e. The van der Waals surface area contributed by atoms with Crippen LogP contribution in [0.15, 0.2) is 65.6 Å². The molecule has 2 heterocycles. The van der Waals surface area contributed by atoms with E-state index in [1.54, 1.807) is 12.1 Å². The van der Waals surface area contributed by atoms with Crippen LogP contribution in [-0.2, 0) is 4.79 Å². The van der Waals surface area contributed by atoms with Crippen molar-refractivity contribution in [3.8, 4) is 0 Å². The molecule has 0 radical (unpaired) electrons. The lowest BCUT2D eigenvalue weighted by atomic mass is 10.1. The predicted molar refractivity (Wildman–Crippen MR) is 118 cm³/mol. The highest BCUT2D eigenvalue weighted by Crippen LogP contribution is 2.31. The monoisotopic (exact) mass is 417 g/mol. The molecule has 0 aliphatic carbocycles. The van der Waals surface area contributed by atoms with Crippen LogP contribution in [-0.4, -0.2) is 40.0 Å². The van der Waals surface area contributed by atoms with Crippen molar-refractivity contribution < 1.29 is 14.4 Å². The van der Waals surface area contributed by atoms with E-state index < -0.39 is 0 Å². The fraction of sp³-hybridized carbons (Fsp3) is 0.130. The van der Waals surface area contributed by atoms with Crippen molar-refractivity contribution in [3.63, 3.8) is 0 Å². The van der Waals surface area contributed by atoms with Gasteiger partial charge in [-0.2, -0.15) is 0 Å². The van der Waals surface area contributed by atoms with Gasteiger partial charge in [-0.05, 0) is 42.5 Å². The summed E-state index contributed by atoms with van der Waals surface area (Å²) < 4.78 is 0. The lowest BCUT2D eigenvalue weighted by Crippen LogP contribution is -2.37. The van der Waals surface area contributed by atoms with E-state index in [1.165, 1.54) is 0 Å². The Balaban J connectivity index is 1.42. The lowest BCUT2D eigenvalue weighted by molar-refractivity contribution is -0.122. The fourth-order valence-corrected chi connectivity index (χ4v) is 4.13. The van der Waals surface area contributed by atoms with Crippen LogP contribution in [0.2, 0.25) is 0 Å². The number of fused-ring (bicyclic) bond motifs is 1. The third kappa shape index (κ3) is 4.11. The average Bonchev–Trinajstić information content (AvgIpc) is 3.01. The number of thioether (sulfide) groups is 1. The van der Waals surface area contributed by atoms with Gasteiger partial charge >= 0.3 is 0 Å². The van der Waals surface area contributed by atoms with E-state index in [0.29, 0.717) is 10.5 Å². The highest BCUT2D eigenvalue weighted by atomic mass is 32.2. The molecule has 0 unspecified atom stereocenters. The molecule has 150 valence electrons. The molecule has 1 aliphatic heterocycles. The van der Waals surface area contributed by atoms with Crippen molar-refractivity contribution in [2.45, 2.75) is 6.92 Å². The van der Waals surface area contributed by atoms with Gasteiger partial charge in [0.2, 0.25) is 0 Å². The number of hydrogen-bond acceptors (Lipinski definition) is 5. The number of para-hydroxylation sites is 1. The van der Waals surface area contributed by atoms with Crippen LogP contribution < -0.4 is 5.32 Å². The van der Waals surface area contributed by atoms with Gasteiger partial charge in [-0.3, -0.25) is 24.3 Å². The molecule has 3 aromatic rings. The molecule has 30 heavy (non-hydrogen) atoms. The van der Waals surface area contributed by atoms with Crippen molar-refractivity contribution in [1.82, 2.24) is 15.2 Å². The van der Waals surface area contributed by atoms with Gasteiger partial charge in [0.15, 0.2) is 0 Å². The molecule has 1 saturated heterocycles. The zero-order valence-corrected chi connectivity index (χ0v) is 17.1. The normalized spacial score (nSPS) is 15.2. The summed E-state index contributed by atoms with van der Waals surface area (Å²) in [4.78, 5) is 43.5. The summed E-state index contributed by atoms with van der Waals surface area (Å²) in [5, 5.41) is 3.24. The maximum absolute atomic E-state index is 12.7. The molecular weight excluding hydrogens is 398 g/mol. The van der Waals surface area contributed by atoms with E-state index in [-0.39, 0.29) is 30.1 Å². The molecule has 6 nitrogen and oxygen atoms in total. The van der Waals surface area contributed by atoms with Gasteiger partial charge in [-0.25, -0.2) is 0 Å². The fourth-order valence-electron chi connectivity index (χ4n) is 3.27. The highest BCUT2D eigenvalue weighted by molar-refractivity contribution is 8.18. The third-order valence-corrected chi connectivity index (χ3v) is 5.59. The summed E-state index contributed by atoms with van der Waals surface area (Å²) in [6, 6.07) is 18.5. The minimum atomic E-state index is -0.340. The Kier molecular flexibility index (Phi) is 5.63. The Morgan fingerprint density at radius 2 is 1.83 bits per heavy atom. The van der Waals surface area contributed by atoms with E-state index >= 15 is 0 Å². The van der Waals surface area contributed by atoms with Gasteiger partial charge < -0.3 is 5.32 Å². The number of carbonyl (C=O) groups is 3. The van der Waals surface area contributed by atoms with Gasteiger partial charge in [0.1, 0.15) is 0 Å². The Hall–Kier alpha value is -3.45. The first-order valence-electron chi connectivity index (χ1n) is 9.48. The van der Waals surface area contributed by atoms with Crippen LogP contribution in [0, 0.1) is 6.92 Å². The first-order chi connectivity index (χ1) is 14.5. The van der Waals surface area contributed by atoms with Crippen LogP contribution in [0.1, 0.15) is 21.6 Å². The van der Waals surface area contributed by atoms with E-state index in [9.17, 15) is 14.4 Å². The molecule has 4 rings (SSSR count). The number of hydrogen-bond donors (Lipinski definition) is 1. The number of nitrogens with one attached hydrogen (secondary N) is 1. The van der Waals surface area contributed by atoms with Gasteiger partial charge in [-0.1, -0.05) is 48.5 Å². The quantitative estimate of drug-likeness (QED) is 0.635. The molecule has 1 aromatic heterocycles. The standard InChI is InChI=1S/C23H19N3O3S/c1-15-13-18(17-9-5-6-10-19(17)25-15)21(27)24-11-12-26-22(28)20(30-23(26)29)14-16-7-3-2-4-8-16/h2-10,13-14H,11-12H2,1H3,(H,24,27). The molecule has 0 spiro atoms. The van der Waals surface area contributed by atoms with Crippen LogP contribution in [0.25, 0.3) is 17.0 Å². The first-order valence-corrected chi connectivity index (χ1v) is 10.3. The van der Waals surface area contributed by atoms with Crippen molar-refractivity contribution in [1.29, 1.82) is 0 Å². The predicted octanol–water partition coefficient (Wildman–Crippen LogP) is 4.01. The SMILES string of the molecule is Cc1cc(C(=O)NCCN2C(=O)SC(=Cc3ccccc3)C2=O)c2ccccc2n1. The van der Waals surface area contributed by atoms with Gasteiger partial charge in [0.25, 0.3) is 17.1 Å². The van der Waals surface area contributed by atoms with Crippen LogP contribution in [0.4, 0.5) is 4.79 Å². The number of pyridine rings is 1. The molecule has 3 amide bonds. The number of carbonyl (C=O) groups excluding carboxylic acids is 3. The van der Waals surface area contributed by atoms with Crippen molar-refractivity contribution in [3.05, 3.63) is 82.4 Å². The Labute approximate surface area is 178 Å². The maximum Gasteiger partial charge on any atom is 0.293 e. The smallest absolute Gasteiger partial charge is 0.293 e. The second-order valence-electron chi connectivity index (χ2n) is 6.83. The zero-order chi connectivity index (χ0) is 21.1. The van der Waals surface area contributed by atoms with E-state index in [4.69, 9.17) is 0 Å². The number of rotatable bonds is 5. The largest absolute Gasteiger partial charge is 0.350 e. The average molecular weight is 417 g/mol. The minimum absolute atomic E-state index is 0.116. The second kappa shape index (κ2) is 8.51. The first kappa shape index (κ1) is 19.8. The summed E-state index contributed by atoms with van der Waals surface area (Å²) in [5.41, 5.74) is 2.88. The van der Waals surface area contributed by atoms with Gasteiger partial charge in [0.05, 0.1) is 16.0 Å². The highest BCUT2D eigenvalue weighted by Gasteiger charge is 2.34. The van der Waals surface area contributed by atoms with Crippen LogP contribution in [0.3, 0.4) is 0 Å². The molecule has 1 aliphatic rings. The zero-order valence-electron chi connectivity index (χ0n) is 16.3. The Morgan fingerprint density at radius 1 is 1.10 bits per heavy atom. The number of aromatic nitrogens is 1. The number of benzene rings is 2. The summed E-state index contributed by atoms with van der Waals surface area (Å²) in [5.74, 6) is -0.600.